The number of hydrogen-bond acceptors (Lipinski definition) is 4. The molecule has 29 heavy (non-hydrogen) atoms. The van der Waals surface area contributed by atoms with Gasteiger partial charge in [-0.1, -0.05) is 6.42 Å². The van der Waals surface area contributed by atoms with Crippen molar-refractivity contribution >= 4 is 32.7 Å². The highest BCUT2D eigenvalue weighted by atomic mass is 32.2. The molecule has 2 aromatic carbocycles. The van der Waals surface area contributed by atoms with Gasteiger partial charge in [-0.25, -0.2) is 18.5 Å². The first-order chi connectivity index (χ1) is 13.7. The largest absolute Gasteiger partial charge is 0.328 e. The number of fused-ring (bicyclic) bond motifs is 3. The number of sulfonamides is 1. The molecule has 1 aliphatic rings. The van der Waals surface area contributed by atoms with E-state index in [9.17, 15) is 13.2 Å². The van der Waals surface area contributed by atoms with Crippen LogP contribution in [0.1, 0.15) is 46.6 Å². The van der Waals surface area contributed by atoms with Crippen molar-refractivity contribution < 1.29 is 13.2 Å². The zero-order chi connectivity index (χ0) is 20.8. The topological polar surface area (TPSA) is 107 Å². The Kier molecular flexibility index (Phi) is 4.92. The predicted octanol–water partition coefficient (Wildman–Crippen LogP) is 3.28. The number of nitrogens with one attached hydrogen (secondary N) is 1. The molecule has 0 saturated carbocycles. The highest BCUT2D eigenvalue weighted by Gasteiger charge is 2.18. The molecule has 152 valence electrons. The van der Waals surface area contributed by atoms with Crippen LogP contribution in [-0.4, -0.2) is 23.9 Å². The molecule has 2 heterocycles. The second-order valence-corrected chi connectivity index (χ2v) is 9.14. The number of nitrogens with two attached hydrogens (primary N) is 1. The number of carbonyl (C=O) groups is 1. The molecule has 7 nitrogen and oxygen atoms in total. The fourth-order valence-electron chi connectivity index (χ4n) is 3.88. The number of hydrogen-bond donors (Lipinski definition) is 2. The average molecular weight is 413 g/mol. The van der Waals surface area contributed by atoms with Crippen molar-refractivity contribution in [2.45, 2.75) is 51.0 Å². The average Bonchev–Trinajstić information content (AvgIpc) is 2.82. The van der Waals surface area contributed by atoms with Crippen molar-refractivity contribution in [2.24, 2.45) is 5.14 Å². The first-order valence-electron chi connectivity index (χ1n) is 9.68. The minimum absolute atomic E-state index is 0.0315. The van der Waals surface area contributed by atoms with Crippen molar-refractivity contribution in [3.05, 3.63) is 52.8 Å². The molecule has 0 spiro atoms. The van der Waals surface area contributed by atoms with Gasteiger partial charge in [0.25, 0.3) is 5.91 Å². The van der Waals surface area contributed by atoms with Gasteiger partial charge in [0.2, 0.25) is 10.0 Å². The van der Waals surface area contributed by atoms with Crippen molar-refractivity contribution in [1.29, 1.82) is 0 Å². The number of imidazole rings is 1. The summed E-state index contributed by atoms with van der Waals surface area (Å²) in [5.74, 6) is 0.700. The van der Waals surface area contributed by atoms with Gasteiger partial charge < -0.3 is 9.88 Å². The summed E-state index contributed by atoms with van der Waals surface area (Å²) in [5.41, 5.74) is 4.02. The first-order valence-corrected chi connectivity index (χ1v) is 11.2. The van der Waals surface area contributed by atoms with Gasteiger partial charge in [-0.15, -0.1) is 0 Å². The fraction of sp³-hybridized carbons (Fsp3) is 0.333. The molecule has 0 saturated heterocycles. The van der Waals surface area contributed by atoms with Crippen LogP contribution in [0.2, 0.25) is 0 Å². The van der Waals surface area contributed by atoms with Crippen LogP contribution < -0.4 is 10.5 Å². The minimum Gasteiger partial charge on any atom is -0.328 e. The van der Waals surface area contributed by atoms with E-state index in [1.165, 1.54) is 12.5 Å². The zero-order valence-electron chi connectivity index (χ0n) is 16.5. The number of anilines is 1. The molecule has 0 bridgehead atoms. The van der Waals surface area contributed by atoms with E-state index in [1.54, 1.807) is 19.9 Å². The highest BCUT2D eigenvalue weighted by molar-refractivity contribution is 7.89. The Morgan fingerprint density at radius 2 is 1.93 bits per heavy atom. The lowest BCUT2D eigenvalue weighted by atomic mass is 10.1. The van der Waals surface area contributed by atoms with Crippen LogP contribution in [0.15, 0.2) is 35.2 Å². The van der Waals surface area contributed by atoms with E-state index >= 15 is 0 Å². The lowest BCUT2D eigenvalue weighted by Gasteiger charge is -2.11. The molecule has 0 radical (unpaired) electrons. The Labute approximate surface area is 170 Å². The maximum atomic E-state index is 12.8. The molecular formula is C21H24N4O3S. The van der Waals surface area contributed by atoms with E-state index in [0.717, 1.165) is 42.7 Å². The van der Waals surface area contributed by atoms with Crippen LogP contribution in [-0.2, 0) is 23.0 Å². The standard InChI is InChI=1S/C21H24N4O3S/c1-13-10-15(11-19(14(13)2)29(22,27)28)21(26)23-16-7-8-18-17(12-16)24-20-6-4-3-5-9-25(18)20/h7-8,10-12H,3-6,9H2,1-2H3,(H,23,26)(H2,22,27,28). The molecule has 1 amide bonds. The number of primary sulfonamides is 1. The molecule has 0 atom stereocenters. The number of nitrogens with zero attached hydrogens (tertiary/aromatic N) is 2. The van der Waals surface area contributed by atoms with Gasteiger partial charge in [-0.3, -0.25) is 4.79 Å². The monoisotopic (exact) mass is 412 g/mol. The Balaban J connectivity index is 1.65. The highest BCUT2D eigenvalue weighted by Crippen LogP contribution is 2.25. The van der Waals surface area contributed by atoms with E-state index < -0.39 is 15.9 Å². The Bertz CT molecular complexity index is 1230. The van der Waals surface area contributed by atoms with Gasteiger partial charge in [0.15, 0.2) is 0 Å². The number of amides is 1. The normalized spacial score (nSPS) is 14.4. The lowest BCUT2D eigenvalue weighted by Crippen LogP contribution is -2.17. The lowest BCUT2D eigenvalue weighted by molar-refractivity contribution is 0.102. The fourth-order valence-corrected chi connectivity index (χ4v) is 4.76. The quantitative estimate of drug-likeness (QED) is 0.688. The molecule has 8 heteroatoms. The van der Waals surface area contributed by atoms with Crippen LogP contribution in [0, 0.1) is 13.8 Å². The van der Waals surface area contributed by atoms with Crippen LogP contribution in [0.3, 0.4) is 0 Å². The summed E-state index contributed by atoms with van der Waals surface area (Å²) in [6.07, 6.45) is 4.48. The first kappa shape index (κ1) is 19.6. The molecule has 3 N–H and O–H groups in total. The summed E-state index contributed by atoms with van der Waals surface area (Å²) in [5, 5.41) is 8.14. The van der Waals surface area contributed by atoms with E-state index in [4.69, 9.17) is 10.1 Å². The van der Waals surface area contributed by atoms with Crippen LogP contribution >= 0.6 is 0 Å². The number of benzene rings is 2. The number of carbonyl (C=O) groups excluding carboxylic acids is 1. The molecule has 3 aromatic rings. The smallest absolute Gasteiger partial charge is 0.255 e. The maximum Gasteiger partial charge on any atom is 0.255 e. The summed E-state index contributed by atoms with van der Waals surface area (Å²) in [6, 6.07) is 8.67. The van der Waals surface area contributed by atoms with Crippen molar-refractivity contribution in [1.82, 2.24) is 9.55 Å². The van der Waals surface area contributed by atoms with Crippen LogP contribution in [0.4, 0.5) is 5.69 Å². The second-order valence-electron chi connectivity index (χ2n) is 7.61. The third-order valence-corrected chi connectivity index (χ3v) is 6.59. The van der Waals surface area contributed by atoms with Gasteiger partial charge in [0.05, 0.1) is 15.9 Å². The number of rotatable bonds is 3. The molecule has 1 aromatic heterocycles. The SMILES string of the molecule is Cc1cc(C(=O)Nc2ccc3c(c2)nc2n3CCCCC2)cc(S(N)(=O)=O)c1C. The third kappa shape index (κ3) is 3.77. The number of aryl methyl sites for hydroxylation is 3. The summed E-state index contributed by atoms with van der Waals surface area (Å²) in [4.78, 5) is 17.5. The van der Waals surface area contributed by atoms with E-state index in [2.05, 4.69) is 9.88 Å². The summed E-state index contributed by atoms with van der Waals surface area (Å²) in [7, 11) is -3.91. The molecule has 0 fully saturated rings. The van der Waals surface area contributed by atoms with Crippen LogP contribution in [0.5, 0.6) is 0 Å². The molecule has 0 aliphatic carbocycles. The summed E-state index contributed by atoms with van der Waals surface area (Å²) in [6.45, 7) is 4.40. The summed E-state index contributed by atoms with van der Waals surface area (Å²) >= 11 is 0. The third-order valence-electron chi connectivity index (χ3n) is 5.56. The Hall–Kier alpha value is -2.71. The van der Waals surface area contributed by atoms with E-state index in [-0.39, 0.29) is 10.5 Å². The van der Waals surface area contributed by atoms with Gasteiger partial charge in [0.1, 0.15) is 5.82 Å². The minimum atomic E-state index is -3.91. The zero-order valence-corrected chi connectivity index (χ0v) is 17.3. The van der Waals surface area contributed by atoms with Gasteiger partial charge in [0, 0.05) is 24.2 Å². The summed E-state index contributed by atoms with van der Waals surface area (Å²) < 4.78 is 25.9. The number of aromatic nitrogens is 2. The van der Waals surface area contributed by atoms with Crippen molar-refractivity contribution in [3.63, 3.8) is 0 Å². The van der Waals surface area contributed by atoms with Gasteiger partial charge in [-0.2, -0.15) is 0 Å². The van der Waals surface area contributed by atoms with E-state index in [1.807, 2.05) is 18.2 Å². The molecular weight excluding hydrogens is 388 g/mol. The molecule has 4 rings (SSSR count). The maximum absolute atomic E-state index is 12.8. The van der Waals surface area contributed by atoms with Crippen LogP contribution in [0.25, 0.3) is 11.0 Å². The Morgan fingerprint density at radius 1 is 1.14 bits per heavy atom. The van der Waals surface area contributed by atoms with E-state index in [0.29, 0.717) is 16.8 Å². The van der Waals surface area contributed by atoms with Crippen molar-refractivity contribution in [2.75, 3.05) is 5.32 Å². The molecule has 0 unspecified atom stereocenters. The van der Waals surface area contributed by atoms with Gasteiger partial charge >= 0.3 is 0 Å². The van der Waals surface area contributed by atoms with Gasteiger partial charge in [-0.05, 0) is 68.1 Å². The molecule has 1 aliphatic heterocycles. The van der Waals surface area contributed by atoms with Crippen molar-refractivity contribution in [3.8, 4) is 0 Å². The Morgan fingerprint density at radius 3 is 2.69 bits per heavy atom. The second kappa shape index (κ2) is 7.27. The predicted molar refractivity (Wildman–Crippen MR) is 113 cm³/mol.